The first kappa shape index (κ1) is 17.7. The van der Waals surface area contributed by atoms with E-state index in [2.05, 4.69) is 6.92 Å². The van der Waals surface area contributed by atoms with Gasteiger partial charge in [0.25, 0.3) is 0 Å². The van der Waals surface area contributed by atoms with E-state index in [1.54, 1.807) is 18.2 Å². The minimum absolute atomic E-state index is 0.0115. The number of hydrogen-bond donors (Lipinski definition) is 0. The summed E-state index contributed by atoms with van der Waals surface area (Å²) in [5.41, 5.74) is 0. The molecule has 0 amide bonds. The SMILES string of the molecule is CCCCCC(CC)CC(=O)OS(=O)(=O)c1ccccc1. The van der Waals surface area contributed by atoms with Gasteiger partial charge in [0.1, 0.15) is 4.90 Å². The predicted octanol–water partition coefficient (Wildman–Crippen LogP) is 3.92. The number of benzene rings is 1. The molecule has 1 atom stereocenters. The summed E-state index contributed by atoms with van der Waals surface area (Å²) in [6.45, 7) is 4.14. The summed E-state index contributed by atoms with van der Waals surface area (Å²) >= 11 is 0. The molecule has 0 aliphatic rings. The second kappa shape index (κ2) is 8.82. The van der Waals surface area contributed by atoms with Crippen molar-refractivity contribution in [2.45, 2.75) is 57.3 Å². The van der Waals surface area contributed by atoms with Crippen LogP contribution in [0.1, 0.15) is 52.4 Å². The molecule has 0 heterocycles. The number of hydrogen-bond acceptors (Lipinski definition) is 4. The summed E-state index contributed by atoms with van der Waals surface area (Å²) in [5, 5.41) is 0. The lowest BCUT2D eigenvalue weighted by molar-refractivity contribution is -0.135. The highest BCUT2D eigenvalue weighted by molar-refractivity contribution is 7.87. The van der Waals surface area contributed by atoms with E-state index >= 15 is 0 Å². The zero-order valence-corrected chi connectivity index (χ0v) is 13.6. The summed E-state index contributed by atoms with van der Waals surface area (Å²) < 4.78 is 28.6. The van der Waals surface area contributed by atoms with Gasteiger partial charge in [-0.25, -0.2) is 0 Å². The van der Waals surface area contributed by atoms with Crippen molar-refractivity contribution >= 4 is 16.1 Å². The van der Waals surface area contributed by atoms with Gasteiger partial charge in [-0.3, -0.25) is 4.79 Å². The number of carbonyl (C=O) groups is 1. The second-order valence-corrected chi connectivity index (χ2v) is 6.74. The van der Waals surface area contributed by atoms with Crippen LogP contribution in [0.3, 0.4) is 0 Å². The minimum Gasteiger partial charge on any atom is -0.342 e. The maximum atomic E-state index is 11.9. The zero-order chi connectivity index (χ0) is 15.7. The van der Waals surface area contributed by atoms with Crippen LogP contribution in [0, 0.1) is 5.92 Å². The van der Waals surface area contributed by atoms with Gasteiger partial charge in [0.2, 0.25) is 0 Å². The molecule has 4 nitrogen and oxygen atoms in total. The number of unbranched alkanes of at least 4 members (excludes halogenated alkanes) is 2. The molecular weight excluding hydrogens is 288 g/mol. The van der Waals surface area contributed by atoms with E-state index in [-0.39, 0.29) is 17.2 Å². The van der Waals surface area contributed by atoms with Crippen LogP contribution in [-0.4, -0.2) is 14.4 Å². The third-order valence-corrected chi connectivity index (χ3v) is 4.74. The van der Waals surface area contributed by atoms with Crippen molar-refractivity contribution in [3.8, 4) is 0 Å². The van der Waals surface area contributed by atoms with Gasteiger partial charge in [0.05, 0.1) is 0 Å². The van der Waals surface area contributed by atoms with Gasteiger partial charge in [-0.2, -0.15) is 8.42 Å². The summed E-state index contributed by atoms with van der Waals surface area (Å²) in [7, 11) is -3.99. The third kappa shape index (κ3) is 6.29. The van der Waals surface area contributed by atoms with Crippen molar-refractivity contribution in [2.75, 3.05) is 0 Å². The van der Waals surface area contributed by atoms with Gasteiger partial charge in [0, 0.05) is 6.42 Å². The minimum atomic E-state index is -3.99. The maximum Gasteiger partial charge on any atom is 0.341 e. The van der Waals surface area contributed by atoms with E-state index in [0.29, 0.717) is 0 Å². The van der Waals surface area contributed by atoms with Gasteiger partial charge in [-0.15, -0.1) is 0 Å². The van der Waals surface area contributed by atoms with Crippen molar-refractivity contribution < 1.29 is 17.4 Å². The van der Waals surface area contributed by atoms with Gasteiger partial charge >= 0.3 is 16.1 Å². The first-order valence-corrected chi connectivity index (χ1v) is 8.92. The van der Waals surface area contributed by atoms with Crippen LogP contribution in [-0.2, 0) is 19.1 Å². The van der Waals surface area contributed by atoms with Crippen LogP contribution >= 0.6 is 0 Å². The Kier molecular flexibility index (Phi) is 7.43. The van der Waals surface area contributed by atoms with E-state index in [4.69, 9.17) is 4.18 Å². The fourth-order valence-corrected chi connectivity index (χ4v) is 3.06. The molecular formula is C16H24O4S. The number of rotatable bonds is 9. The second-order valence-electron chi connectivity index (χ2n) is 5.20. The average Bonchev–Trinajstić information content (AvgIpc) is 2.46. The Morgan fingerprint density at radius 2 is 1.81 bits per heavy atom. The Hall–Kier alpha value is -1.36. The topological polar surface area (TPSA) is 60.4 Å². The Labute approximate surface area is 127 Å². The van der Waals surface area contributed by atoms with Crippen LogP contribution in [0.5, 0.6) is 0 Å². The lowest BCUT2D eigenvalue weighted by Gasteiger charge is -2.13. The van der Waals surface area contributed by atoms with Gasteiger partial charge in [0.15, 0.2) is 0 Å². The maximum absolute atomic E-state index is 11.9. The molecule has 0 bridgehead atoms. The van der Waals surface area contributed by atoms with Crippen molar-refractivity contribution in [1.82, 2.24) is 0 Å². The molecule has 21 heavy (non-hydrogen) atoms. The molecule has 0 spiro atoms. The monoisotopic (exact) mass is 312 g/mol. The molecule has 1 aromatic carbocycles. The van der Waals surface area contributed by atoms with Gasteiger partial charge in [-0.1, -0.05) is 57.7 Å². The summed E-state index contributed by atoms with van der Waals surface area (Å²) in [4.78, 5) is 11.8. The third-order valence-electron chi connectivity index (χ3n) is 3.48. The lowest BCUT2D eigenvalue weighted by Crippen LogP contribution is -2.16. The van der Waals surface area contributed by atoms with E-state index in [1.165, 1.54) is 12.1 Å². The Morgan fingerprint density at radius 1 is 1.14 bits per heavy atom. The highest BCUT2D eigenvalue weighted by Crippen LogP contribution is 2.20. The molecule has 0 aromatic heterocycles. The Bertz CT molecular complexity index is 522. The van der Waals surface area contributed by atoms with Gasteiger partial charge < -0.3 is 4.18 Å². The van der Waals surface area contributed by atoms with E-state index in [1.807, 2.05) is 6.92 Å². The van der Waals surface area contributed by atoms with Crippen LogP contribution < -0.4 is 0 Å². The highest BCUT2D eigenvalue weighted by Gasteiger charge is 2.22. The molecule has 1 rings (SSSR count). The summed E-state index contributed by atoms with van der Waals surface area (Å²) in [6.07, 6.45) is 5.27. The van der Waals surface area contributed by atoms with Crippen LogP contribution in [0.4, 0.5) is 0 Å². The Morgan fingerprint density at radius 3 is 2.38 bits per heavy atom. The van der Waals surface area contributed by atoms with E-state index in [9.17, 15) is 13.2 Å². The van der Waals surface area contributed by atoms with Crippen molar-refractivity contribution in [3.63, 3.8) is 0 Å². The van der Waals surface area contributed by atoms with Crippen molar-refractivity contribution in [3.05, 3.63) is 30.3 Å². The van der Waals surface area contributed by atoms with Crippen molar-refractivity contribution in [1.29, 1.82) is 0 Å². The highest BCUT2D eigenvalue weighted by atomic mass is 32.2. The summed E-state index contributed by atoms with van der Waals surface area (Å²) in [5.74, 6) is -0.475. The molecule has 0 saturated carbocycles. The lowest BCUT2D eigenvalue weighted by atomic mass is 9.95. The van der Waals surface area contributed by atoms with E-state index in [0.717, 1.165) is 32.1 Å². The zero-order valence-electron chi connectivity index (χ0n) is 12.7. The molecule has 0 saturated heterocycles. The average molecular weight is 312 g/mol. The fourth-order valence-electron chi connectivity index (χ4n) is 2.16. The smallest absolute Gasteiger partial charge is 0.341 e. The molecule has 5 heteroatoms. The first-order valence-electron chi connectivity index (χ1n) is 7.52. The predicted molar refractivity (Wildman–Crippen MR) is 82.3 cm³/mol. The quantitative estimate of drug-likeness (QED) is 0.512. The Balaban J connectivity index is 2.56. The van der Waals surface area contributed by atoms with Crippen LogP contribution in [0.2, 0.25) is 0 Å². The van der Waals surface area contributed by atoms with Crippen LogP contribution in [0.15, 0.2) is 35.2 Å². The van der Waals surface area contributed by atoms with Crippen molar-refractivity contribution in [2.24, 2.45) is 5.92 Å². The molecule has 1 unspecified atom stereocenters. The molecule has 0 aliphatic heterocycles. The standard InChI is InChI=1S/C16H24O4S/c1-3-5-7-10-14(4-2)13-16(17)20-21(18,19)15-11-8-6-9-12-15/h6,8-9,11-12,14H,3-5,7,10,13H2,1-2H3. The normalized spacial score (nSPS) is 12.9. The molecule has 0 aliphatic carbocycles. The number of carbonyl (C=O) groups excluding carboxylic acids is 1. The molecule has 0 radical (unpaired) electrons. The van der Waals surface area contributed by atoms with E-state index < -0.39 is 16.1 Å². The molecule has 118 valence electrons. The molecule has 0 fully saturated rings. The molecule has 1 aromatic rings. The van der Waals surface area contributed by atoms with Crippen LogP contribution in [0.25, 0.3) is 0 Å². The van der Waals surface area contributed by atoms with Gasteiger partial charge in [-0.05, 0) is 24.5 Å². The molecule has 0 N–H and O–H groups in total. The largest absolute Gasteiger partial charge is 0.342 e. The first-order chi connectivity index (χ1) is 9.99. The summed E-state index contributed by atoms with van der Waals surface area (Å²) in [6, 6.07) is 7.74. The fraction of sp³-hybridized carbons (Fsp3) is 0.562.